The minimum absolute atomic E-state index is 1.14. The fraction of sp³-hybridized carbons (Fsp3) is 0.0526. The van der Waals surface area contributed by atoms with Gasteiger partial charge in [-0.1, -0.05) is 120 Å². The first kappa shape index (κ1) is 34.1. The van der Waals surface area contributed by atoms with E-state index in [1.807, 2.05) is 0 Å². The first-order valence-corrected chi connectivity index (χ1v) is 21.2. The van der Waals surface area contributed by atoms with Gasteiger partial charge in [-0.2, -0.15) is 0 Å². The SMILES string of the molecule is Cc1ccc(N(c2ccccc2)c2ccc3c4cc5c(cc4n4c6ccccc6c2c34)c2ccc(N(c3ccccc3)c3ccc(C)cc3C)c3c4ccccc4n5c23)cc1. The van der Waals surface area contributed by atoms with Crippen molar-refractivity contribution >= 4 is 110 Å². The molecule has 61 heavy (non-hydrogen) atoms. The molecule has 0 spiro atoms. The number of benzene rings is 9. The summed E-state index contributed by atoms with van der Waals surface area (Å²) in [7, 11) is 0. The van der Waals surface area contributed by atoms with E-state index in [9.17, 15) is 0 Å². The molecule has 0 saturated heterocycles. The summed E-state index contributed by atoms with van der Waals surface area (Å²) in [5.74, 6) is 0. The Kier molecular flexibility index (Phi) is 7.04. The van der Waals surface area contributed by atoms with Crippen LogP contribution in [-0.2, 0) is 0 Å². The third-order valence-electron chi connectivity index (χ3n) is 13.2. The Morgan fingerprint density at radius 2 is 0.754 bits per heavy atom. The maximum atomic E-state index is 2.54. The predicted molar refractivity (Wildman–Crippen MR) is 259 cm³/mol. The molecule has 0 aliphatic rings. The molecule has 0 bridgehead atoms. The van der Waals surface area contributed by atoms with Gasteiger partial charge in [-0.3, -0.25) is 0 Å². The van der Waals surface area contributed by atoms with E-state index in [4.69, 9.17) is 0 Å². The van der Waals surface area contributed by atoms with Gasteiger partial charge in [-0.15, -0.1) is 0 Å². The zero-order valence-electron chi connectivity index (χ0n) is 34.2. The molecule has 4 heteroatoms. The number of aromatic nitrogens is 2. The Bertz CT molecular complexity index is 3840. The van der Waals surface area contributed by atoms with Crippen LogP contribution in [0.3, 0.4) is 0 Å². The third kappa shape index (κ3) is 4.70. The molecule has 0 amide bonds. The van der Waals surface area contributed by atoms with Crippen molar-refractivity contribution in [2.45, 2.75) is 20.8 Å². The molecule has 0 saturated carbocycles. The minimum Gasteiger partial charge on any atom is -0.310 e. The van der Waals surface area contributed by atoms with Gasteiger partial charge >= 0.3 is 0 Å². The van der Waals surface area contributed by atoms with Gasteiger partial charge in [-0.25, -0.2) is 0 Å². The number of hydrogen-bond donors (Lipinski definition) is 0. The Labute approximate surface area is 353 Å². The van der Waals surface area contributed by atoms with Crippen LogP contribution in [0.2, 0.25) is 0 Å². The van der Waals surface area contributed by atoms with Crippen molar-refractivity contribution in [2.75, 3.05) is 9.80 Å². The van der Waals surface area contributed by atoms with E-state index in [0.717, 1.165) is 17.1 Å². The molecule has 0 fully saturated rings. The van der Waals surface area contributed by atoms with Crippen LogP contribution < -0.4 is 9.80 Å². The quantitative estimate of drug-likeness (QED) is 0.167. The standard InChI is InChI=1S/C57H40N4/c1-35-22-25-40(26-23-35)58(38-14-6-4-7-15-38)50-30-27-41-45-33-53-46(34-52(45)60-48-20-12-10-18-43(48)54(50)56(41)60)42-28-31-51(55-44-19-11-13-21-49(44)61(53)57(42)55)59(39-16-8-5-9-17-39)47-29-24-36(2)32-37(47)3/h4-34H,1-3H3. The lowest BCUT2D eigenvalue weighted by Crippen LogP contribution is -2.11. The summed E-state index contributed by atoms with van der Waals surface area (Å²) in [6, 6.07) is 69.6. The molecule has 0 unspecified atom stereocenters. The van der Waals surface area contributed by atoms with Crippen molar-refractivity contribution < 1.29 is 0 Å². The predicted octanol–water partition coefficient (Wildman–Crippen LogP) is 15.9. The Balaban J connectivity index is 1.13. The van der Waals surface area contributed by atoms with Crippen molar-refractivity contribution in [3.8, 4) is 0 Å². The highest BCUT2D eigenvalue weighted by Crippen LogP contribution is 2.51. The van der Waals surface area contributed by atoms with E-state index in [1.54, 1.807) is 0 Å². The van der Waals surface area contributed by atoms with Gasteiger partial charge in [0, 0.05) is 65.8 Å². The second kappa shape index (κ2) is 12.6. The number of para-hydroxylation sites is 4. The lowest BCUT2D eigenvalue weighted by Gasteiger charge is -2.28. The smallest absolute Gasteiger partial charge is 0.0641 e. The monoisotopic (exact) mass is 780 g/mol. The maximum absolute atomic E-state index is 2.54. The van der Waals surface area contributed by atoms with Gasteiger partial charge in [0.2, 0.25) is 0 Å². The van der Waals surface area contributed by atoms with Gasteiger partial charge in [0.25, 0.3) is 0 Å². The lowest BCUT2D eigenvalue weighted by molar-refractivity contribution is 1.25. The summed E-state index contributed by atoms with van der Waals surface area (Å²) < 4.78 is 5.07. The van der Waals surface area contributed by atoms with E-state index < -0.39 is 0 Å². The van der Waals surface area contributed by atoms with Gasteiger partial charge in [0.15, 0.2) is 0 Å². The number of fused-ring (bicyclic) bond motifs is 12. The average Bonchev–Trinajstić information content (AvgIpc) is 4.02. The summed E-state index contributed by atoms with van der Waals surface area (Å²) >= 11 is 0. The zero-order valence-corrected chi connectivity index (χ0v) is 34.2. The van der Waals surface area contributed by atoms with Gasteiger partial charge in [-0.05, 0) is 105 Å². The van der Waals surface area contributed by atoms with Crippen molar-refractivity contribution in [3.63, 3.8) is 0 Å². The third-order valence-corrected chi connectivity index (χ3v) is 13.2. The number of hydrogen-bond acceptors (Lipinski definition) is 2. The summed E-state index contributed by atoms with van der Waals surface area (Å²) in [5.41, 5.74) is 18.1. The first-order chi connectivity index (χ1) is 30.0. The molecule has 0 aliphatic carbocycles. The summed E-state index contributed by atoms with van der Waals surface area (Å²) in [6.07, 6.45) is 0. The minimum atomic E-state index is 1.14. The van der Waals surface area contributed by atoms with E-state index >= 15 is 0 Å². The van der Waals surface area contributed by atoms with Crippen LogP contribution in [-0.4, -0.2) is 8.80 Å². The molecule has 0 N–H and O–H groups in total. The van der Waals surface area contributed by atoms with Crippen LogP contribution >= 0.6 is 0 Å². The van der Waals surface area contributed by atoms with Crippen LogP contribution in [0.25, 0.3) is 76.2 Å². The molecule has 13 rings (SSSR count). The highest BCUT2D eigenvalue weighted by atomic mass is 15.2. The van der Waals surface area contributed by atoms with Crippen molar-refractivity contribution in [2.24, 2.45) is 0 Å². The van der Waals surface area contributed by atoms with Crippen molar-refractivity contribution in [3.05, 3.63) is 205 Å². The molecular weight excluding hydrogens is 741 g/mol. The van der Waals surface area contributed by atoms with Crippen LogP contribution in [0.1, 0.15) is 16.7 Å². The highest BCUT2D eigenvalue weighted by molar-refractivity contribution is 6.32. The molecule has 4 heterocycles. The highest BCUT2D eigenvalue weighted by Gasteiger charge is 2.28. The summed E-state index contributed by atoms with van der Waals surface area (Å²) in [5, 5.41) is 10.1. The molecular formula is C57H40N4. The zero-order chi connectivity index (χ0) is 40.5. The van der Waals surface area contributed by atoms with Crippen molar-refractivity contribution in [1.29, 1.82) is 0 Å². The average molecular weight is 781 g/mol. The van der Waals surface area contributed by atoms with E-state index in [1.165, 1.54) is 110 Å². The normalized spacial score (nSPS) is 12.2. The second-order valence-corrected chi connectivity index (χ2v) is 16.8. The number of aryl methyl sites for hydroxylation is 3. The van der Waals surface area contributed by atoms with Crippen LogP contribution in [0.15, 0.2) is 188 Å². The molecule has 4 nitrogen and oxygen atoms in total. The number of rotatable bonds is 6. The first-order valence-electron chi connectivity index (χ1n) is 21.2. The molecule has 4 aromatic heterocycles. The lowest BCUT2D eigenvalue weighted by atomic mass is 10.0. The molecule has 9 aromatic carbocycles. The van der Waals surface area contributed by atoms with Crippen LogP contribution in [0.5, 0.6) is 0 Å². The largest absolute Gasteiger partial charge is 0.310 e. The van der Waals surface area contributed by atoms with E-state index in [-0.39, 0.29) is 0 Å². The number of nitrogens with zero attached hydrogens (tertiary/aromatic N) is 4. The molecule has 288 valence electrons. The Morgan fingerprint density at radius 3 is 1.30 bits per heavy atom. The second-order valence-electron chi connectivity index (χ2n) is 16.8. The Morgan fingerprint density at radius 1 is 0.311 bits per heavy atom. The molecule has 0 aliphatic heterocycles. The van der Waals surface area contributed by atoms with Gasteiger partial charge < -0.3 is 18.6 Å². The topological polar surface area (TPSA) is 15.3 Å². The Hall–Kier alpha value is -7.82. The maximum Gasteiger partial charge on any atom is 0.0641 e. The fourth-order valence-corrected chi connectivity index (χ4v) is 10.6. The van der Waals surface area contributed by atoms with Crippen LogP contribution in [0, 0.1) is 20.8 Å². The fourth-order valence-electron chi connectivity index (χ4n) is 10.6. The van der Waals surface area contributed by atoms with Gasteiger partial charge in [0.05, 0.1) is 44.5 Å². The summed E-state index contributed by atoms with van der Waals surface area (Å²) in [4.78, 5) is 4.88. The van der Waals surface area contributed by atoms with Crippen molar-refractivity contribution in [1.82, 2.24) is 8.80 Å². The molecule has 13 aromatic rings. The molecule has 0 atom stereocenters. The number of anilines is 6. The van der Waals surface area contributed by atoms with Crippen LogP contribution in [0.4, 0.5) is 34.1 Å². The van der Waals surface area contributed by atoms with E-state index in [2.05, 4.69) is 227 Å². The van der Waals surface area contributed by atoms with E-state index in [0.29, 0.717) is 0 Å². The summed E-state index contributed by atoms with van der Waals surface area (Å²) in [6.45, 7) is 6.55. The van der Waals surface area contributed by atoms with Gasteiger partial charge in [0.1, 0.15) is 0 Å². The molecule has 0 radical (unpaired) electrons.